The van der Waals surface area contributed by atoms with E-state index in [-0.39, 0.29) is 35.4 Å². The zero-order chi connectivity index (χ0) is 24.7. The lowest BCUT2D eigenvalue weighted by Crippen LogP contribution is -2.50. The highest BCUT2D eigenvalue weighted by molar-refractivity contribution is 5.76. The number of esters is 1. The summed E-state index contributed by atoms with van der Waals surface area (Å²) < 4.78 is 6.02. The van der Waals surface area contributed by atoms with Crippen LogP contribution in [-0.2, 0) is 9.53 Å². The maximum atomic E-state index is 13.1. The Morgan fingerprint density at radius 2 is 1.61 bits per heavy atom. The Morgan fingerprint density at radius 3 is 2.25 bits per heavy atom. The molecule has 2 saturated heterocycles. The standard InChI is InChI=1S/C32H40N2O2/c1-23-10-9-15-32(2)21-29-26(20-28(23)32)27(31(35)36-29)22-33-16-18-34(19-17-33)30(24-11-5-3-6-12-24)25-13-7-4-8-14-25/h3-8,11-14,20,23,26-27,29-30H,9-10,15-19,21-22H2,1-2H3/t23-,26+,27?,29+,32+/m0/s1. The zero-order valence-electron chi connectivity index (χ0n) is 21.8. The average molecular weight is 485 g/mol. The summed E-state index contributed by atoms with van der Waals surface area (Å²) in [6.07, 6.45) is 7.39. The molecule has 0 N–H and O–H groups in total. The molecule has 2 aliphatic heterocycles. The maximum absolute atomic E-state index is 13.1. The molecule has 190 valence electrons. The lowest BCUT2D eigenvalue weighted by atomic mass is 9.59. The quantitative estimate of drug-likeness (QED) is 0.402. The van der Waals surface area contributed by atoms with Gasteiger partial charge in [0.05, 0.1) is 12.0 Å². The van der Waals surface area contributed by atoms with Gasteiger partial charge in [-0.15, -0.1) is 0 Å². The molecule has 1 saturated carbocycles. The van der Waals surface area contributed by atoms with Gasteiger partial charge in [-0.2, -0.15) is 0 Å². The number of benzene rings is 2. The molecule has 0 aromatic heterocycles. The van der Waals surface area contributed by atoms with Gasteiger partial charge in [0.25, 0.3) is 0 Å². The number of fused-ring (bicyclic) bond motifs is 2. The van der Waals surface area contributed by atoms with Gasteiger partial charge in [-0.05, 0) is 41.7 Å². The summed E-state index contributed by atoms with van der Waals surface area (Å²) in [6.45, 7) is 9.58. The van der Waals surface area contributed by atoms with Crippen LogP contribution in [0.15, 0.2) is 72.3 Å². The SMILES string of the molecule is C[C@H]1CCC[C@]2(C)C[C@H]3OC(=O)C(CN4CCN(C(c5ccccc5)c5ccccc5)CC4)[C@H]3C=C12. The molecule has 1 unspecified atom stereocenters. The molecule has 0 amide bonds. The van der Waals surface area contributed by atoms with Crippen molar-refractivity contribution in [3.8, 4) is 0 Å². The Balaban J connectivity index is 1.15. The second-order valence-corrected chi connectivity index (χ2v) is 11.9. The summed E-state index contributed by atoms with van der Waals surface area (Å²) >= 11 is 0. The Labute approximate surface area is 216 Å². The van der Waals surface area contributed by atoms with E-state index in [0.29, 0.717) is 5.92 Å². The van der Waals surface area contributed by atoms with E-state index in [1.807, 2.05) is 0 Å². The fraction of sp³-hybridized carbons (Fsp3) is 0.531. The summed E-state index contributed by atoms with van der Waals surface area (Å²) in [5.74, 6) is 0.899. The predicted molar refractivity (Wildman–Crippen MR) is 143 cm³/mol. The van der Waals surface area contributed by atoms with Crippen molar-refractivity contribution in [1.82, 2.24) is 9.80 Å². The predicted octanol–water partition coefficient (Wildman–Crippen LogP) is 5.71. The number of carbonyl (C=O) groups excluding carboxylic acids is 1. The fourth-order valence-corrected chi connectivity index (χ4v) is 7.63. The normalized spacial score (nSPS) is 33.1. The third-order valence-electron chi connectivity index (χ3n) is 9.54. The smallest absolute Gasteiger partial charge is 0.311 e. The molecular formula is C32H40N2O2. The van der Waals surface area contributed by atoms with Crippen molar-refractivity contribution in [2.45, 2.75) is 51.7 Å². The minimum atomic E-state index is -0.0215. The van der Waals surface area contributed by atoms with Gasteiger partial charge >= 0.3 is 5.97 Å². The first-order valence-corrected chi connectivity index (χ1v) is 14.0. The van der Waals surface area contributed by atoms with Gasteiger partial charge in [-0.3, -0.25) is 14.6 Å². The van der Waals surface area contributed by atoms with E-state index < -0.39 is 0 Å². The van der Waals surface area contributed by atoms with Gasteiger partial charge in [-0.1, -0.05) is 92.6 Å². The number of hydrogen-bond donors (Lipinski definition) is 0. The lowest BCUT2D eigenvalue weighted by molar-refractivity contribution is -0.145. The third kappa shape index (κ3) is 4.43. The van der Waals surface area contributed by atoms with Crippen LogP contribution >= 0.6 is 0 Å². The number of rotatable bonds is 5. The van der Waals surface area contributed by atoms with E-state index in [1.54, 1.807) is 5.57 Å². The molecule has 2 aromatic rings. The van der Waals surface area contributed by atoms with Gasteiger partial charge in [0.15, 0.2) is 0 Å². The van der Waals surface area contributed by atoms with Gasteiger partial charge < -0.3 is 4.74 Å². The average Bonchev–Trinajstić information content (AvgIpc) is 3.18. The third-order valence-corrected chi connectivity index (χ3v) is 9.54. The molecular weight excluding hydrogens is 444 g/mol. The summed E-state index contributed by atoms with van der Waals surface area (Å²) in [6, 6.07) is 22.0. The van der Waals surface area contributed by atoms with E-state index in [2.05, 4.69) is 90.4 Å². The highest BCUT2D eigenvalue weighted by Gasteiger charge is 2.52. The van der Waals surface area contributed by atoms with Crippen LogP contribution in [-0.4, -0.2) is 54.6 Å². The minimum Gasteiger partial charge on any atom is -0.461 e. The second-order valence-electron chi connectivity index (χ2n) is 11.9. The highest BCUT2D eigenvalue weighted by atomic mass is 16.6. The fourth-order valence-electron chi connectivity index (χ4n) is 7.63. The Hall–Kier alpha value is -2.43. The Morgan fingerprint density at radius 1 is 0.972 bits per heavy atom. The number of piperazine rings is 1. The van der Waals surface area contributed by atoms with Crippen LogP contribution < -0.4 is 0 Å². The molecule has 2 aromatic carbocycles. The van der Waals surface area contributed by atoms with Crippen LogP contribution in [0.4, 0.5) is 0 Å². The molecule has 2 aliphatic carbocycles. The lowest BCUT2D eigenvalue weighted by Gasteiger charge is -2.46. The molecule has 0 spiro atoms. The number of ether oxygens (including phenoxy) is 1. The minimum absolute atomic E-state index is 0.0215. The molecule has 3 fully saturated rings. The van der Waals surface area contributed by atoms with Crippen molar-refractivity contribution in [3.05, 3.63) is 83.4 Å². The Bertz CT molecular complexity index is 1050. The van der Waals surface area contributed by atoms with Crippen LogP contribution in [0.25, 0.3) is 0 Å². The van der Waals surface area contributed by atoms with Crippen molar-refractivity contribution in [1.29, 1.82) is 0 Å². The van der Waals surface area contributed by atoms with E-state index in [0.717, 1.165) is 39.1 Å². The molecule has 0 radical (unpaired) electrons. The molecule has 4 aliphatic rings. The number of hydrogen-bond acceptors (Lipinski definition) is 4. The van der Waals surface area contributed by atoms with E-state index >= 15 is 0 Å². The Kier molecular flexibility index (Phi) is 6.51. The van der Waals surface area contributed by atoms with E-state index in [9.17, 15) is 4.79 Å². The number of allylic oxidation sites excluding steroid dienone is 1. The van der Waals surface area contributed by atoms with Crippen LogP contribution in [0, 0.1) is 23.2 Å². The molecule has 0 bridgehead atoms. The van der Waals surface area contributed by atoms with E-state index in [4.69, 9.17) is 4.74 Å². The molecule has 36 heavy (non-hydrogen) atoms. The largest absolute Gasteiger partial charge is 0.461 e. The van der Waals surface area contributed by atoms with Crippen LogP contribution in [0.5, 0.6) is 0 Å². The number of nitrogens with zero attached hydrogens (tertiary/aromatic N) is 2. The first kappa shape index (κ1) is 23.9. The highest BCUT2D eigenvalue weighted by Crippen LogP contribution is 2.54. The van der Waals surface area contributed by atoms with Gasteiger partial charge in [0, 0.05) is 38.6 Å². The molecule has 4 nitrogen and oxygen atoms in total. The number of carbonyl (C=O) groups is 1. The van der Waals surface area contributed by atoms with E-state index in [1.165, 1.54) is 30.4 Å². The molecule has 2 heterocycles. The van der Waals surface area contributed by atoms with Gasteiger partial charge in [0.2, 0.25) is 0 Å². The zero-order valence-corrected chi connectivity index (χ0v) is 21.8. The van der Waals surface area contributed by atoms with Crippen LogP contribution in [0.3, 0.4) is 0 Å². The summed E-state index contributed by atoms with van der Waals surface area (Å²) in [5.41, 5.74) is 4.52. The van der Waals surface area contributed by atoms with Gasteiger partial charge in [0.1, 0.15) is 6.10 Å². The topological polar surface area (TPSA) is 32.8 Å². The van der Waals surface area contributed by atoms with Crippen molar-refractivity contribution < 1.29 is 9.53 Å². The first-order valence-electron chi connectivity index (χ1n) is 14.0. The first-order chi connectivity index (χ1) is 17.5. The van der Waals surface area contributed by atoms with Crippen molar-refractivity contribution in [2.24, 2.45) is 23.2 Å². The van der Waals surface area contributed by atoms with Crippen molar-refractivity contribution in [2.75, 3.05) is 32.7 Å². The van der Waals surface area contributed by atoms with Crippen molar-refractivity contribution >= 4 is 5.97 Å². The second kappa shape index (κ2) is 9.79. The molecule has 4 heteroatoms. The van der Waals surface area contributed by atoms with Crippen molar-refractivity contribution in [3.63, 3.8) is 0 Å². The van der Waals surface area contributed by atoms with Crippen LogP contribution in [0.1, 0.15) is 56.7 Å². The summed E-state index contributed by atoms with van der Waals surface area (Å²) in [7, 11) is 0. The molecule has 5 atom stereocenters. The summed E-state index contributed by atoms with van der Waals surface area (Å²) in [4.78, 5) is 18.2. The molecule has 6 rings (SSSR count). The summed E-state index contributed by atoms with van der Waals surface area (Å²) in [5, 5.41) is 0. The monoisotopic (exact) mass is 484 g/mol. The van der Waals surface area contributed by atoms with Gasteiger partial charge in [-0.25, -0.2) is 0 Å². The maximum Gasteiger partial charge on any atom is 0.311 e. The van der Waals surface area contributed by atoms with Crippen LogP contribution in [0.2, 0.25) is 0 Å².